The van der Waals surface area contributed by atoms with E-state index >= 15 is 0 Å². The van der Waals surface area contributed by atoms with Crippen LogP contribution in [-0.2, 0) is 4.74 Å². The summed E-state index contributed by atoms with van der Waals surface area (Å²) in [5.74, 6) is 1.84. The molecule has 3 heterocycles. The molecule has 0 amide bonds. The number of nitrogens with one attached hydrogen (secondary N) is 1. The van der Waals surface area contributed by atoms with Gasteiger partial charge in [0.05, 0.1) is 0 Å². The van der Waals surface area contributed by atoms with Crippen LogP contribution in [0.25, 0.3) is 0 Å². The van der Waals surface area contributed by atoms with E-state index < -0.39 is 0 Å². The molecule has 0 bridgehead atoms. The minimum atomic E-state index is 0.800. The summed E-state index contributed by atoms with van der Waals surface area (Å²) < 4.78 is 5.43. The smallest absolute Gasteiger partial charge is 0.0469 e. The number of rotatable bonds is 2. The van der Waals surface area contributed by atoms with Crippen molar-refractivity contribution in [2.75, 3.05) is 39.4 Å². The zero-order valence-electron chi connectivity index (χ0n) is 10.2. The van der Waals surface area contributed by atoms with Gasteiger partial charge < -0.3 is 15.0 Å². The monoisotopic (exact) mass is 224 g/mol. The molecule has 3 rings (SSSR count). The van der Waals surface area contributed by atoms with E-state index in [2.05, 4.69) is 10.2 Å². The fourth-order valence-electron chi connectivity index (χ4n) is 3.58. The summed E-state index contributed by atoms with van der Waals surface area (Å²) in [6.07, 6.45) is 5.38. The lowest BCUT2D eigenvalue weighted by molar-refractivity contribution is 0.0550. The predicted octanol–water partition coefficient (Wildman–Crippen LogP) is 1.10. The summed E-state index contributed by atoms with van der Waals surface area (Å²) in [7, 11) is 0. The molecule has 0 spiro atoms. The van der Waals surface area contributed by atoms with Crippen LogP contribution in [-0.4, -0.2) is 50.3 Å². The van der Waals surface area contributed by atoms with Crippen molar-refractivity contribution in [3.63, 3.8) is 0 Å². The van der Waals surface area contributed by atoms with Gasteiger partial charge in [-0.2, -0.15) is 0 Å². The van der Waals surface area contributed by atoms with Crippen molar-refractivity contribution in [2.45, 2.75) is 31.7 Å². The Morgan fingerprint density at radius 2 is 2.00 bits per heavy atom. The maximum absolute atomic E-state index is 5.43. The molecule has 3 aliphatic heterocycles. The van der Waals surface area contributed by atoms with Gasteiger partial charge in [-0.05, 0) is 44.1 Å². The summed E-state index contributed by atoms with van der Waals surface area (Å²) in [6.45, 7) is 7.18. The van der Waals surface area contributed by atoms with Crippen LogP contribution in [0.1, 0.15) is 25.7 Å². The van der Waals surface area contributed by atoms with Crippen LogP contribution in [0.4, 0.5) is 0 Å². The van der Waals surface area contributed by atoms with Crippen LogP contribution in [0, 0.1) is 11.8 Å². The highest BCUT2D eigenvalue weighted by molar-refractivity contribution is 4.92. The number of piperidine rings is 1. The molecule has 3 saturated heterocycles. The highest BCUT2D eigenvalue weighted by Gasteiger charge is 2.34. The van der Waals surface area contributed by atoms with Crippen molar-refractivity contribution in [1.82, 2.24) is 10.2 Å². The van der Waals surface area contributed by atoms with Gasteiger partial charge in [0.2, 0.25) is 0 Å². The first kappa shape index (κ1) is 11.0. The lowest BCUT2D eigenvalue weighted by Crippen LogP contribution is -2.41. The van der Waals surface area contributed by atoms with Crippen LogP contribution < -0.4 is 5.32 Å². The SMILES string of the molecule is C1CN[C@@H]2CN(CC3CCOCC3)C[C@@H]2C1. The normalized spacial score (nSPS) is 37.5. The maximum atomic E-state index is 5.43. The van der Waals surface area contributed by atoms with Crippen LogP contribution >= 0.6 is 0 Å². The minimum absolute atomic E-state index is 0.800. The molecule has 0 radical (unpaired) electrons. The number of likely N-dealkylation sites (tertiary alicyclic amines) is 1. The van der Waals surface area contributed by atoms with E-state index in [1.54, 1.807) is 0 Å². The molecule has 0 aliphatic carbocycles. The van der Waals surface area contributed by atoms with Crippen LogP contribution in [0.15, 0.2) is 0 Å². The fraction of sp³-hybridized carbons (Fsp3) is 1.00. The van der Waals surface area contributed by atoms with Gasteiger partial charge in [-0.15, -0.1) is 0 Å². The standard InChI is InChI=1S/C13H24N2O/c1-2-12-9-15(10-13(12)14-5-1)8-11-3-6-16-7-4-11/h11-14H,1-10H2/t12-,13+/m0/s1. The largest absolute Gasteiger partial charge is 0.381 e. The van der Waals surface area contributed by atoms with Crippen LogP contribution in [0.5, 0.6) is 0 Å². The van der Waals surface area contributed by atoms with E-state index in [0.29, 0.717) is 0 Å². The molecule has 0 aromatic rings. The summed E-state index contributed by atoms with van der Waals surface area (Å²) in [4.78, 5) is 2.70. The Morgan fingerprint density at radius 1 is 1.12 bits per heavy atom. The number of hydrogen-bond acceptors (Lipinski definition) is 3. The van der Waals surface area contributed by atoms with Crippen LogP contribution in [0.3, 0.4) is 0 Å². The van der Waals surface area contributed by atoms with Gasteiger partial charge >= 0.3 is 0 Å². The topological polar surface area (TPSA) is 24.5 Å². The quantitative estimate of drug-likeness (QED) is 0.760. The third-order valence-corrected chi connectivity index (χ3v) is 4.53. The van der Waals surface area contributed by atoms with E-state index in [1.807, 2.05) is 0 Å². The molecular formula is C13H24N2O. The molecule has 2 atom stereocenters. The van der Waals surface area contributed by atoms with Gasteiger partial charge in [0, 0.05) is 38.9 Å². The second kappa shape index (κ2) is 5.03. The van der Waals surface area contributed by atoms with E-state index in [0.717, 1.165) is 31.1 Å². The minimum Gasteiger partial charge on any atom is -0.381 e. The maximum Gasteiger partial charge on any atom is 0.0469 e. The van der Waals surface area contributed by atoms with Crippen molar-refractivity contribution >= 4 is 0 Å². The molecule has 0 aromatic carbocycles. The average molecular weight is 224 g/mol. The first-order valence-electron chi connectivity index (χ1n) is 6.95. The van der Waals surface area contributed by atoms with Gasteiger partial charge in [-0.1, -0.05) is 0 Å². The molecular weight excluding hydrogens is 200 g/mol. The van der Waals surface area contributed by atoms with Gasteiger partial charge in [-0.25, -0.2) is 0 Å². The second-order valence-electron chi connectivity index (χ2n) is 5.74. The number of fused-ring (bicyclic) bond motifs is 1. The van der Waals surface area contributed by atoms with Crippen molar-refractivity contribution in [3.8, 4) is 0 Å². The summed E-state index contributed by atoms with van der Waals surface area (Å²) in [6, 6.07) is 0.800. The summed E-state index contributed by atoms with van der Waals surface area (Å²) >= 11 is 0. The first-order valence-corrected chi connectivity index (χ1v) is 6.95. The molecule has 0 unspecified atom stereocenters. The zero-order chi connectivity index (χ0) is 10.8. The summed E-state index contributed by atoms with van der Waals surface area (Å²) in [5, 5.41) is 3.68. The molecule has 0 aromatic heterocycles. The Balaban J connectivity index is 1.49. The summed E-state index contributed by atoms with van der Waals surface area (Å²) in [5.41, 5.74) is 0. The lowest BCUT2D eigenvalue weighted by atomic mass is 9.94. The molecule has 3 heteroatoms. The Bertz CT molecular complexity index is 214. The molecule has 16 heavy (non-hydrogen) atoms. The number of hydrogen-bond donors (Lipinski definition) is 1. The third kappa shape index (κ3) is 2.41. The van der Waals surface area contributed by atoms with E-state index in [-0.39, 0.29) is 0 Å². The average Bonchev–Trinajstić information content (AvgIpc) is 2.72. The Morgan fingerprint density at radius 3 is 2.81 bits per heavy atom. The van der Waals surface area contributed by atoms with Crippen molar-refractivity contribution in [3.05, 3.63) is 0 Å². The van der Waals surface area contributed by atoms with Gasteiger partial charge in [-0.3, -0.25) is 0 Å². The van der Waals surface area contributed by atoms with Gasteiger partial charge in [0.25, 0.3) is 0 Å². The molecule has 3 fully saturated rings. The lowest BCUT2D eigenvalue weighted by Gasteiger charge is -2.26. The zero-order valence-corrected chi connectivity index (χ0v) is 10.2. The Labute approximate surface area is 98.5 Å². The van der Waals surface area contributed by atoms with E-state index in [4.69, 9.17) is 4.74 Å². The van der Waals surface area contributed by atoms with Crippen LogP contribution in [0.2, 0.25) is 0 Å². The van der Waals surface area contributed by atoms with E-state index in [1.165, 1.54) is 51.9 Å². The molecule has 3 aliphatic rings. The number of ether oxygens (including phenoxy) is 1. The molecule has 92 valence electrons. The van der Waals surface area contributed by atoms with Gasteiger partial charge in [0.1, 0.15) is 0 Å². The number of nitrogens with zero attached hydrogens (tertiary/aromatic N) is 1. The predicted molar refractivity (Wildman–Crippen MR) is 64.5 cm³/mol. The second-order valence-corrected chi connectivity index (χ2v) is 5.74. The highest BCUT2D eigenvalue weighted by atomic mass is 16.5. The third-order valence-electron chi connectivity index (χ3n) is 4.53. The Kier molecular flexibility index (Phi) is 3.46. The van der Waals surface area contributed by atoms with Crippen molar-refractivity contribution in [2.24, 2.45) is 11.8 Å². The molecule has 1 N–H and O–H groups in total. The van der Waals surface area contributed by atoms with E-state index in [9.17, 15) is 0 Å². The first-order chi connectivity index (χ1) is 7.92. The molecule has 3 nitrogen and oxygen atoms in total. The van der Waals surface area contributed by atoms with Crippen molar-refractivity contribution < 1.29 is 4.74 Å². The van der Waals surface area contributed by atoms with Gasteiger partial charge in [0.15, 0.2) is 0 Å². The van der Waals surface area contributed by atoms with Crippen molar-refractivity contribution in [1.29, 1.82) is 0 Å². The molecule has 0 saturated carbocycles. The fourth-order valence-corrected chi connectivity index (χ4v) is 3.58. The highest BCUT2D eigenvalue weighted by Crippen LogP contribution is 2.26. The Hall–Kier alpha value is -0.120.